The van der Waals surface area contributed by atoms with Gasteiger partial charge in [-0.15, -0.1) is 0 Å². The molecule has 196 valence electrons. The molecule has 1 atom stereocenters. The van der Waals surface area contributed by atoms with Crippen LogP contribution in [0.15, 0.2) is 0 Å². The molecule has 0 bridgehead atoms. The zero-order valence-electron chi connectivity index (χ0n) is 22.7. The Morgan fingerprint density at radius 3 is 1.58 bits per heavy atom. The van der Waals surface area contributed by atoms with Crippen LogP contribution in [0.3, 0.4) is 0 Å². The van der Waals surface area contributed by atoms with Gasteiger partial charge in [-0.3, -0.25) is 4.79 Å². The van der Waals surface area contributed by atoms with Crippen molar-refractivity contribution >= 4 is 34.3 Å². The van der Waals surface area contributed by atoms with Gasteiger partial charge in [0, 0.05) is 18.8 Å². The number of hydrogen-bond acceptors (Lipinski definition) is 4. The minimum absolute atomic E-state index is 0.0646. The Kier molecular flexibility index (Phi) is 22.0. The number of thioether (sulfide) groups is 1. The summed E-state index contributed by atoms with van der Waals surface area (Å²) >= 11 is 7.14. The first-order valence-corrected chi connectivity index (χ1v) is 15.4. The van der Waals surface area contributed by atoms with Gasteiger partial charge in [-0.2, -0.15) is 0 Å². The van der Waals surface area contributed by atoms with E-state index in [1.165, 1.54) is 83.5 Å². The zero-order chi connectivity index (χ0) is 24.8. The fourth-order valence-corrected chi connectivity index (χ4v) is 5.55. The fourth-order valence-electron chi connectivity index (χ4n) is 3.91. The van der Waals surface area contributed by atoms with Gasteiger partial charge in [0.05, 0.1) is 12.0 Å². The molecule has 0 aromatic rings. The maximum atomic E-state index is 12.7. The molecule has 0 aliphatic heterocycles. The Balaban J connectivity index is 3.70. The lowest BCUT2D eigenvalue weighted by atomic mass is 9.90. The quantitative estimate of drug-likeness (QED) is 0.0837. The first kappa shape index (κ1) is 32.7. The second kappa shape index (κ2) is 22.2. The maximum absolute atomic E-state index is 12.7. The summed E-state index contributed by atoms with van der Waals surface area (Å²) in [5.74, 6) is 0.626. The minimum Gasteiger partial charge on any atom is -0.465 e. The van der Waals surface area contributed by atoms with Crippen LogP contribution in [-0.4, -0.2) is 40.6 Å². The van der Waals surface area contributed by atoms with Crippen LogP contribution in [0.5, 0.6) is 0 Å². The fraction of sp³-hybridized carbons (Fsp3) is 0.929. The number of rotatable bonds is 22. The molecule has 0 aliphatic carbocycles. The van der Waals surface area contributed by atoms with Crippen molar-refractivity contribution in [2.75, 3.05) is 25.4 Å². The molecule has 1 unspecified atom stereocenters. The van der Waals surface area contributed by atoms with E-state index >= 15 is 0 Å². The van der Waals surface area contributed by atoms with Crippen LogP contribution >= 0.6 is 24.0 Å². The van der Waals surface area contributed by atoms with E-state index in [1.807, 2.05) is 6.92 Å². The number of ether oxygens (including phenoxy) is 1. The average molecular weight is 502 g/mol. The number of unbranched alkanes of at least 4 members (excludes halogenated alkanes) is 14. The summed E-state index contributed by atoms with van der Waals surface area (Å²) in [6, 6.07) is 0. The lowest BCUT2D eigenvalue weighted by molar-refractivity contribution is -0.153. The van der Waals surface area contributed by atoms with Gasteiger partial charge in [0.25, 0.3) is 0 Å². The third-order valence-corrected chi connectivity index (χ3v) is 8.69. The highest BCUT2D eigenvalue weighted by atomic mass is 32.2. The summed E-state index contributed by atoms with van der Waals surface area (Å²) < 4.78 is 6.53. The predicted octanol–water partition coefficient (Wildman–Crippen LogP) is 9.18. The minimum atomic E-state index is -0.461. The molecule has 0 aromatic carbocycles. The number of esters is 1. The molecular formula is C28H55NO2S2. The van der Waals surface area contributed by atoms with E-state index in [1.54, 1.807) is 11.8 Å². The van der Waals surface area contributed by atoms with Gasteiger partial charge in [-0.1, -0.05) is 128 Å². The molecule has 0 rings (SSSR count). The third-order valence-electron chi connectivity index (χ3n) is 6.79. The van der Waals surface area contributed by atoms with Crippen molar-refractivity contribution < 1.29 is 9.53 Å². The van der Waals surface area contributed by atoms with Gasteiger partial charge in [0.15, 0.2) is 0 Å². The Bertz CT molecular complexity index is 483. The molecule has 0 N–H and O–H groups in total. The monoisotopic (exact) mass is 501 g/mol. The van der Waals surface area contributed by atoms with E-state index in [-0.39, 0.29) is 5.97 Å². The van der Waals surface area contributed by atoms with Crippen LogP contribution < -0.4 is 0 Å². The van der Waals surface area contributed by atoms with Gasteiger partial charge < -0.3 is 9.64 Å². The molecule has 33 heavy (non-hydrogen) atoms. The first-order chi connectivity index (χ1) is 15.9. The lowest BCUT2D eigenvalue weighted by Gasteiger charge is -2.28. The van der Waals surface area contributed by atoms with E-state index in [0.717, 1.165) is 36.7 Å². The van der Waals surface area contributed by atoms with E-state index in [4.69, 9.17) is 17.0 Å². The topological polar surface area (TPSA) is 29.5 Å². The van der Waals surface area contributed by atoms with Gasteiger partial charge in [0.1, 0.15) is 4.32 Å². The molecule has 0 saturated heterocycles. The van der Waals surface area contributed by atoms with Crippen LogP contribution in [0.1, 0.15) is 137 Å². The molecule has 0 heterocycles. The summed E-state index contributed by atoms with van der Waals surface area (Å²) in [4.78, 5) is 14.8. The highest BCUT2D eigenvalue weighted by Crippen LogP contribution is 2.29. The van der Waals surface area contributed by atoms with Gasteiger partial charge >= 0.3 is 5.97 Å². The van der Waals surface area contributed by atoms with E-state index < -0.39 is 5.41 Å². The van der Waals surface area contributed by atoms with Crippen LogP contribution in [-0.2, 0) is 9.53 Å². The second-order valence-corrected chi connectivity index (χ2v) is 11.3. The molecule has 3 nitrogen and oxygen atoms in total. The second-order valence-electron chi connectivity index (χ2n) is 9.73. The highest BCUT2D eigenvalue weighted by Gasteiger charge is 2.33. The number of thiocarbonyl (C=S) groups is 1. The van der Waals surface area contributed by atoms with Crippen molar-refractivity contribution in [2.24, 2.45) is 5.41 Å². The van der Waals surface area contributed by atoms with Crippen LogP contribution in [0, 0.1) is 5.41 Å². The molecule has 0 radical (unpaired) electrons. The Morgan fingerprint density at radius 1 is 0.758 bits per heavy atom. The zero-order valence-corrected chi connectivity index (χ0v) is 24.4. The Labute approximate surface area is 216 Å². The van der Waals surface area contributed by atoms with Crippen molar-refractivity contribution in [1.29, 1.82) is 0 Å². The molecule has 0 spiro atoms. The molecule has 0 saturated carbocycles. The summed E-state index contributed by atoms with van der Waals surface area (Å²) in [5.41, 5.74) is -0.461. The number of carbonyl (C=O) groups excluding carboxylic acids is 1. The summed E-state index contributed by atoms with van der Waals surface area (Å²) in [5, 5.41) is 0. The van der Waals surface area contributed by atoms with Gasteiger partial charge in [-0.25, -0.2) is 0 Å². The van der Waals surface area contributed by atoms with Crippen molar-refractivity contribution in [1.82, 2.24) is 4.90 Å². The SMILES string of the molecule is CCCCCCCCCCCCCCCCCOC(=O)C(C)(CC)CSC(=S)N(CC)CC. The molecule has 0 aliphatic rings. The molecular weight excluding hydrogens is 446 g/mol. The number of carbonyl (C=O) groups is 1. The summed E-state index contributed by atoms with van der Waals surface area (Å²) in [6.45, 7) is 13.0. The number of hydrogen-bond donors (Lipinski definition) is 0. The highest BCUT2D eigenvalue weighted by molar-refractivity contribution is 8.22. The van der Waals surface area contributed by atoms with Crippen molar-refractivity contribution in [3.63, 3.8) is 0 Å². The molecule has 0 amide bonds. The van der Waals surface area contributed by atoms with Gasteiger partial charge in [-0.05, 0) is 33.6 Å². The average Bonchev–Trinajstić information content (AvgIpc) is 2.82. The summed E-state index contributed by atoms with van der Waals surface area (Å²) in [7, 11) is 0. The van der Waals surface area contributed by atoms with Crippen LogP contribution in [0.4, 0.5) is 0 Å². The van der Waals surface area contributed by atoms with E-state index in [0.29, 0.717) is 12.4 Å². The maximum Gasteiger partial charge on any atom is 0.312 e. The van der Waals surface area contributed by atoms with Crippen LogP contribution in [0.25, 0.3) is 0 Å². The van der Waals surface area contributed by atoms with Gasteiger partial charge in [0.2, 0.25) is 0 Å². The Morgan fingerprint density at radius 2 is 1.18 bits per heavy atom. The summed E-state index contributed by atoms with van der Waals surface area (Å²) in [6.07, 6.45) is 21.0. The first-order valence-electron chi connectivity index (χ1n) is 14.0. The standard InChI is InChI=1S/C28H55NO2S2/c1-6-10-11-12-13-14-15-16-17-18-19-20-21-22-23-24-31-26(30)28(5,7-2)25-33-27(32)29(8-3)9-4/h6-25H2,1-5H3. The lowest BCUT2D eigenvalue weighted by Crippen LogP contribution is -2.34. The van der Waals surface area contributed by atoms with Crippen molar-refractivity contribution in [3.8, 4) is 0 Å². The smallest absolute Gasteiger partial charge is 0.312 e. The number of nitrogens with zero attached hydrogens (tertiary/aromatic N) is 1. The molecule has 0 aromatic heterocycles. The third kappa shape index (κ3) is 16.9. The van der Waals surface area contributed by atoms with Crippen molar-refractivity contribution in [2.45, 2.75) is 137 Å². The van der Waals surface area contributed by atoms with E-state index in [9.17, 15) is 4.79 Å². The largest absolute Gasteiger partial charge is 0.465 e. The molecule has 0 fully saturated rings. The normalized spacial score (nSPS) is 13.0. The Hall–Kier alpha value is -0.290. The van der Waals surface area contributed by atoms with Crippen molar-refractivity contribution in [3.05, 3.63) is 0 Å². The molecule has 5 heteroatoms. The van der Waals surface area contributed by atoms with E-state index in [2.05, 4.69) is 32.6 Å². The van der Waals surface area contributed by atoms with Crippen LogP contribution in [0.2, 0.25) is 0 Å². The predicted molar refractivity (Wildman–Crippen MR) is 152 cm³/mol.